The number of aryl methyl sites for hydroxylation is 1. The minimum atomic E-state index is -4.07. The summed E-state index contributed by atoms with van der Waals surface area (Å²) in [4.78, 5) is 37.0. The summed E-state index contributed by atoms with van der Waals surface area (Å²) in [6.07, 6.45) is 1.28. The summed E-state index contributed by atoms with van der Waals surface area (Å²) < 4.78 is 33.3. The first-order chi connectivity index (χ1) is 16.7. The first-order valence-corrected chi connectivity index (χ1v) is 12.8. The molecule has 0 radical (unpaired) electrons. The van der Waals surface area contributed by atoms with Gasteiger partial charge in [0.15, 0.2) is 0 Å². The van der Waals surface area contributed by atoms with Crippen molar-refractivity contribution in [2.75, 3.05) is 25.5 Å². The van der Waals surface area contributed by atoms with Gasteiger partial charge in [0.05, 0.1) is 11.4 Å². The zero-order valence-corrected chi connectivity index (χ0v) is 20.5. The molecule has 3 rings (SSSR count). The van der Waals surface area contributed by atoms with Crippen LogP contribution in [0.2, 0.25) is 0 Å². The largest absolute Gasteiger partial charge is 0.391 e. The Kier molecular flexibility index (Phi) is 9.10. The van der Waals surface area contributed by atoms with Gasteiger partial charge < -0.3 is 20.7 Å². The van der Waals surface area contributed by atoms with Crippen LogP contribution in [0.3, 0.4) is 0 Å². The Morgan fingerprint density at radius 2 is 1.77 bits per heavy atom. The average molecular weight is 503 g/mol. The standard InChI is InChI=1S/C24H30N4O6S/c1-16-5-11-19(12-6-16)35(32,33)28-21(24(31)34-23(30)20-4-3-13-26-20)14-17-7-9-18(10-8-17)27-22(29)15-25-2/h5-12,20-21,25-26,28H,3-4,13-15H2,1-2H3,(H,27,29)/t20-,21-/m0/s1. The monoisotopic (exact) mass is 502 g/mol. The Balaban J connectivity index is 1.77. The van der Waals surface area contributed by atoms with Crippen LogP contribution in [0.15, 0.2) is 53.4 Å². The molecule has 4 N–H and O–H groups in total. The number of amides is 1. The van der Waals surface area contributed by atoms with Gasteiger partial charge in [0.1, 0.15) is 12.1 Å². The quantitative estimate of drug-likeness (QED) is 0.277. The van der Waals surface area contributed by atoms with Gasteiger partial charge >= 0.3 is 11.9 Å². The lowest BCUT2D eigenvalue weighted by Gasteiger charge is -2.19. The fourth-order valence-electron chi connectivity index (χ4n) is 3.60. The van der Waals surface area contributed by atoms with Crippen LogP contribution in [0.25, 0.3) is 0 Å². The highest BCUT2D eigenvalue weighted by Crippen LogP contribution is 2.16. The number of nitrogens with one attached hydrogen (secondary N) is 4. The number of carbonyl (C=O) groups excluding carboxylic acids is 3. The molecule has 2 aromatic carbocycles. The van der Waals surface area contributed by atoms with Crippen molar-refractivity contribution < 1.29 is 27.5 Å². The second kappa shape index (κ2) is 12.0. The molecule has 35 heavy (non-hydrogen) atoms. The van der Waals surface area contributed by atoms with Crippen molar-refractivity contribution in [3.8, 4) is 0 Å². The van der Waals surface area contributed by atoms with Crippen molar-refractivity contribution in [2.45, 2.75) is 43.2 Å². The number of anilines is 1. The van der Waals surface area contributed by atoms with E-state index in [-0.39, 0.29) is 23.8 Å². The molecule has 1 aliphatic rings. The average Bonchev–Trinajstić information content (AvgIpc) is 3.35. The Bertz CT molecular complexity index is 1140. The third kappa shape index (κ3) is 7.69. The van der Waals surface area contributed by atoms with E-state index in [1.807, 2.05) is 6.92 Å². The molecule has 0 unspecified atom stereocenters. The molecule has 0 spiro atoms. The van der Waals surface area contributed by atoms with E-state index in [4.69, 9.17) is 4.74 Å². The van der Waals surface area contributed by atoms with Gasteiger partial charge in [-0.05, 0) is 69.6 Å². The lowest BCUT2D eigenvalue weighted by Crippen LogP contribution is -2.45. The molecule has 188 valence electrons. The van der Waals surface area contributed by atoms with Crippen molar-refractivity contribution in [3.63, 3.8) is 0 Å². The highest BCUT2D eigenvalue weighted by Gasteiger charge is 2.32. The number of rotatable bonds is 10. The van der Waals surface area contributed by atoms with Crippen LogP contribution in [-0.4, -0.2) is 58.5 Å². The van der Waals surface area contributed by atoms with E-state index in [9.17, 15) is 22.8 Å². The van der Waals surface area contributed by atoms with Gasteiger partial charge in [-0.2, -0.15) is 4.72 Å². The van der Waals surface area contributed by atoms with Crippen LogP contribution in [0, 0.1) is 6.92 Å². The zero-order chi connectivity index (χ0) is 25.4. The molecule has 0 aromatic heterocycles. The molecule has 0 saturated carbocycles. The number of carbonyl (C=O) groups is 3. The van der Waals surface area contributed by atoms with Crippen LogP contribution in [0.1, 0.15) is 24.0 Å². The number of esters is 2. The molecule has 1 saturated heterocycles. The van der Waals surface area contributed by atoms with E-state index in [0.29, 0.717) is 24.2 Å². The maximum atomic E-state index is 13.0. The second-order valence-electron chi connectivity index (χ2n) is 8.36. The van der Waals surface area contributed by atoms with Crippen molar-refractivity contribution in [2.24, 2.45) is 0 Å². The molecule has 10 nitrogen and oxygen atoms in total. The smallest absolute Gasteiger partial charge is 0.332 e. The molecule has 0 aliphatic carbocycles. The van der Waals surface area contributed by atoms with Gasteiger partial charge in [-0.3, -0.25) is 4.79 Å². The molecular weight excluding hydrogens is 472 g/mol. The maximum absolute atomic E-state index is 13.0. The Labute approximate surface area is 204 Å². The zero-order valence-electron chi connectivity index (χ0n) is 19.7. The Hall–Kier alpha value is -3.12. The molecule has 1 fully saturated rings. The minimum absolute atomic E-state index is 0.00715. The third-order valence-corrected chi connectivity index (χ3v) is 6.96. The van der Waals surface area contributed by atoms with E-state index in [2.05, 4.69) is 20.7 Å². The summed E-state index contributed by atoms with van der Waals surface area (Å²) in [6.45, 7) is 2.63. The first-order valence-electron chi connectivity index (χ1n) is 11.3. The normalized spacial score (nSPS) is 16.5. The van der Waals surface area contributed by atoms with Crippen molar-refractivity contribution in [1.29, 1.82) is 0 Å². The molecule has 1 amide bonds. The van der Waals surface area contributed by atoms with Gasteiger partial charge in [-0.15, -0.1) is 0 Å². The summed E-state index contributed by atoms with van der Waals surface area (Å²) in [6, 6.07) is 10.9. The summed E-state index contributed by atoms with van der Waals surface area (Å²) in [7, 11) is -2.41. The summed E-state index contributed by atoms with van der Waals surface area (Å²) in [5.41, 5.74) is 2.05. The number of hydrogen-bond acceptors (Lipinski definition) is 8. The molecule has 2 aromatic rings. The Morgan fingerprint density at radius 3 is 2.37 bits per heavy atom. The predicted octanol–water partition coefficient (Wildman–Crippen LogP) is 0.864. The van der Waals surface area contributed by atoms with Gasteiger partial charge in [0.25, 0.3) is 0 Å². The summed E-state index contributed by atoms with van der Waals surface area (Å²) in [5.74, 6) is -1.92. The highest BCUT2D eigenvalue weighted by atomic mass is 32.2. The molecular formula is C24H30N4O6S. The molecule has 2 atom stereocenters. The lowest BCUT2D eigenvalue weighted by atomic mass is 10.1. The number of benzene rings is 2. The van der Waals surface area contributed by atoms with Crippen LogP contribution < -0.4 is 20.7 Å². The fourth-order valence-corrected chi connectivity index (χ4v) is 4.78. The first kappa shape index (κ1) is 26.5. The maximum Gasteiger partial charge on any atom is 0.332 e. The van der Waals surface area contributed by atoms with Crippen LogP contribution in [0.5, 0.6) is 0 Å². The predicted molar refractivity (Wildman–Crippen MR) is 130 cm³/mol. The topological polar surface area (TPSA) is 143 Å². The van der Waals surface area contributed by atoms with E-state index < -0.39 is 34.0 Å². The molecule has 1 heterocycles. The van der Waals surface area contributed by atoms with Crippen molar-refractivity contribution in [3.05, 3.63) is 59.7 Å². The van der Waals surface area contributed by atoms with Crippen LogP contribution >= 0.6 is 0 Å². The lowest BCUT2D eigenvalue weighted by molar-refractivity contribution is -0.162. The highest BCUT2D eigenvalue weighted by molar-refractivity contribution is 7.89. The van der Waals surface area contributed by atoms with Crippen LogP contribution in [0.4, 0.5) is 5.69 Å². The van der Waals surface area contributed by atoms with Crippen LogP contribution in [-0.2, 0) is 35.6 Å². The van der Waals surface area contributed by atoms with E-state index in [1.54, 1.807) is 43.4 Å². The molecule has 1 aliphatic heterocycles. The van der Waals surface area contributed by atoms with Gasteiger partial charge in [-0.25, -0.2) is 18.0 Å². The number of hydrogen-bond donors (Lipinski definition) is 4. The number of ether oxygens (including phenoxy) is 1. The number of likely N-dealkylation sites (N-methyl/N-ethyl adjacent to an activating group) is 1. The van der Waals surface area contributed by atoms with Gasteiger partial charge in [0, 0.05) is 5.69 Å². The van der Waals surface area contributed by atoms with E-state index in [1.165, 1.54) is 12.1 Å². The van der Waals surface area contributed by atoms with Gasteiger partial charge in [0.2, 0.25) is 15.9 Å². The third-order valence-electron chi connectivity index (χ3n) is 5.47. The fraction of sp³-hybridized carbons (Fsp3) is 0.375. The van der Waals surface area contributed by atoms with E-state index >= 15 is 0 Å². The summed E-state index contributed by atoms with van der Waals surface area (Å²) in [5, 5.41) is 8.42. The SMILES string of the molecule is CNCC(=O)Nc1ccc(C[C@H](NS(=O)(=O)c2ccc(C)cc2)C(=O)OC(=O)[C@@H]2CCCN2)cc1. The van der Waals surface area contributed by atoms with Crippen molar-refractivity contribution >= 4 is 33.6 Å². The van der Waals surface area contributed by atoms with Gasteiger partial charge in [-0.1, -0.05) is 29.8 Å². The summed E-state index contributed by atoms with van der Waals surface area (Å²) >= 11 is 0. The molecule has 11 heteroatoms. The number of sulfonamides is 1. The second-order valence-corrected chi connectivity index (χ2v) is 10.1. The van der Waals surface area contributed by atoms with Crippen molar-refractivity contribution in [1.82, 2.24) is 15.4 Å². The Morgan fingerprint density at radius 1 is 1.09 bits per heavy atom. The minimum Gasteiger partial charge on any atom is -0.391 e. The molecule has 0 bridgehead atoms. The van der Waals surface area contributed by atoms with E-state index in [0.717, 1.165) is 12.0 Å².